The first-order chi connectivity index (χ1) is 7.34. The van der Waals surface area contributed by atoms with E-state index in [2.05, 4.69) is 9.47 Å². The van der Waals surface area contributed by atoms with Gasteiger partial charge in [0.2, 0.25) is 12.2 Å². The molecule has 0 N–H and O–H groups in total. The Morgan fingerprint density at radius 1 is 1.00 bits per heavy atom. The van der Waals surface area contributed by atoms with Gasteiger partial charge in [0.05, 0.1) is 0 Å². The van der Waals surface area contributed by atoms with Gasteiger partial charge in [-0.3, -0.25) is 24.1 Å². The third kappa shape index (κ3) is 2.18. The van der Waals surface area contributed by atoms with Gasteiger partial charge >= 0.3 is 11.9 Å². The Kier molecular flexibility index (Phi) is 3.26. The van der Waals surface area contributed by atoms with E-state index in [0.717, 1.165) is 18.7 Å². The molecule has 1 heterocycles. The summed E-state index contributed by atoms with van der Waals surface area (Å²) < 4.78 is 9.30. The number of hydrogen-bond acceptors (Lipinski definition) is 6. The maximum absolute atomic E-state index is 11.5. The van der Waals surface area contributed by atoms with Crippen LogP contribution in [0, 0.1) is 0 Å². The number of esters is 2. The fourth-order valence-electron chi connectivity index (χ4n) is 1.33. The van der Waals surface area contributed by atoms with Gasteiger partial charge in [0.1, 0.15) is 0 Å². The standard InChI is InChI=1S/C9H11NO6/c1-4(11)15-6-7(16-5(2)12)9(14)10(3)8(6)13/h6-7H,1-3H3/t6-,7-/m1/s1. The van der Waals surface area contributed by atoms with Crippen molar-refractivity contribution in [2.24, 2.45) is 0 Å². The molecule has 0 aromatic carbocycles. The predicted molar refractivity (Wildman–Crippen MR) is 48.9 cm³/mol. The molecule has 0 bridgehead atoms. The summed E-state index contributed by atoms with van der Waals surface area (Å²) in [5.41, 5.74) is 0. The van der Waals surface area contributed by atoms with Crippen molar-refractivity contribution in [1.29, 1.82) is 0 Å². The van der Waals surface area contributed by atoms with Crippen LogP contribution in [-0.4, -0.2) is 47.9 Å². The Balaban J connectivity index is 2.91. The van der Waals surface area contributed by atoms with Gasteiger partial charge in [-0.15, -0.1) is 0 Å². The minimum Gasteiger partial charge on any atom is -0.448 e. The van der Waals surface area contributed by atoms with Crippen molar-refractivity contribution < 1.29 is 28.7 Å². The van der Waals surface area contributed by atoms with E-state index >= 15 is 0 Å². The van der Waals surface area contributed by atoms with Crippen molar-refractivity contribution in [2.45, 2.75) is 26.1 Å². The molecule has 0 radical (unpaired) electrons. The number of amides is 2. The molecule has 1 aliphatic rings. The van der Waals surface area contributed by atoms with Crippen LogP contribution in [0.2, 0.25) is 0 Å². The highest BCUT2D eigenvalue weighted by Crippen LogP contribution is 2.18. The van der Waals surface area contributed by atoms with Crippen LogP contribution < -0.4 is 0 Å². The average molecular weight is 229 g/mol. The van der Waals surface area contributed by atoms with E-state index < -0.39 is 36.0 Å². The highest BCUT2D eigenvalue weighted by Gasteiger charge is 2.50. The predicted octanol–water partition coefficient (Wildman–Crippen LogP) is -1.15. The summed E-state index contributed by atoms with van der Waals surface area (Å²) >= 11 is 0. The summed E-state index contributed by atoms with van der Waals surface area (Å²) in [4.78, 5) is 45.2. The summed E-state index contributed by atoms with van der Waals surface area (Å²) in [6.07, 6.45) is -2.75. The smallest absolute Gasteiger partial charge is 0.303 e. The fraction of sp³-hybridized carbons (Fsp3) is 0.556. The maximum atomic E-state index is 11.5. The van der Waals surface area contributed by atoms with E-state index in [9.17, 15) is 19.2 Å². The van der Waals surface area contributed by atoms with Crippen molar-refractivity contribution in [3.8, 4) is 0 Å². The Morgan fingerprint density at radius 2 is 1.31 bits per heavy atom. The molecule has 2 amide bonds. The third-order valence-electron chi connectivity index (χ3n) is 2.01. The lowest BCUT2D eigenvalue weighted by Crippen LogP contribution is -2.36. The number of hydrogen-bond donors (Lipinski definition) is 0. The van der Waals surface area contributed by atoms with Crippen LogP contribution in [0.15, 0.2) is 0 Å². The molecule has 0 saturated carbocycles. The first kappa shape index (κ1) is 12.2. The molecule has 0 aliphatic carbocycles. The van der Waals surface area contributed by atoms with E-state index in [4.69, 9.17) is 0 Å². The molecule has 0 unspecified atom stereocenters. The number of rotatable bonds is 2. The van der Waals surface area contributed by atoms with Crippen molar-refractivity contribution in [1.82, 2.24) is 4.90 Å². The fourth-order valence-corrected chi connectivity index (χ4v) is 1.33. The van der Waals surface area contributed by atoms with E-state index in [1.165, 1.54) is 7.05 Å². The Morgan fingerprint density at radius 3 is 1.56 bits per heavy atom. The topological polar surface area (TPSA) is 90.0 Å². The normalized spacial score (nSPS) is 24.6. The van der Waals surface area contributed by atoms with Crippen molar-refractivity contribution in [3.05, 3.63) is 0 Å². The van der Waals surface area contributed by atoms with Gasteiger partial charge in [0.25, 0.3) is 11.8 Å². The van der Waals surface area contributed by atoms with E-state index in [1.54, 1.807) is 0 Å². The van der Waals surface area contributed by atoms with E-state index in [-0.39, 0.29) is 0 Å². The minimum atomic E-state index is -1.38. The van der Waals surface area contributed by atoms with Crippen LogP contribution >= 0.6 is 0 Å². The van der Waals surface area contributed by atoms with Crippen LogP contribution in [0.4, 0.5) is 0 Å². The molecule has 0 aromatic rings. The monoisotopic (exact) mass is 229 g/mol. The number of carbonyl (C=O) groups is 4. The molecule has 1 rings (SSSR count). The lowest BCUT2D eigenvalue weighted by atomic mass is 10.2. The minimum absolute atomic E-state index is 0.702. The van der Waals surface area contributed by atoms with Crippen molar-refractivity contribution >= 4 is 23.8 Å². The molecule has 1 fully saturated rings. The van der Waals surface area contributed by atoms with Gasteiger partial charge in [-0.2, -0.15) is 0 Å². The molecule has 7 nitrogen and oxygen atoms in total. The quantitative estimate of drug-likeness (QED) is 0.438. The number of likely N-dealkylation sites (N-methyl/N-ethyl adjacent to an activating group) is 1. The molecule has 7 heteroatoms. The molecule has 0 aromatic heterocycles. The molecule has 2 atom stereocenters. The van der Waals surface area contributed by atoms with Gasteiger partial charge in [0, 0.05) is 20.9 Å². The number of ether oxygens (including phenoxy) is 2. The van der Waals surface area contributed by atoms with Gasteiger partial charge in [0.15, 0.2) is 0 Å². The van der Waals surface area contributed by atoms with Crippen LogP contribution in [0.3, 0.4) is 0 Å². The number of carbonyl (C=O) groups excluding carboxylic acids is 4. The van der Waals surface area contributed by atoms with Gasteiger partial charge in [-0.1, -0.05) is 0 Å². The number of nitrogens with zero attached hydrogens (tertiary/aromatic N) is 1. The SMILES string of the molecule is CC(=O)O[C@H]1C(=O)N(C)C(=O)[C@@H]1OC(C)=O. The van der Waals surface area contributed by atoms with E-state index in [1.807, 2.05) is 0 Å². The van der Waals surface area contributed by atoms with Gasteiger partial charge < -0.3 is 9.47 Å². The first-order valence-corrected chi connectivity index (χ1v) is 4.50. The second-order valence-electron chi connectivity index (χ2n) is 3.30. The summed E-state index contributed by atoms with van der Waals surface area (Å²) in [5.74, 6) is -2.85. The Hall–Kier alpha value is -1.92. The highest BCUT2D eigenvalue weighted by molar-refractivity contribution is 6.08. The third-order valence-corrected chi connectivity index (χ3v) is 2.01. The molecular weight excluding hydrogens is 218 g/mol. The summed E-state index contributed by atoms with van der Waals surface area (Å²) in [6.45, 7) is 2.20. The van der Waals surface area contributed by atoms with E-state index in [0.29, 0.717) is 0 Å². The molecule has 0 spiro atoms. The van der Waals surface area contributed by atoms with Crippen LogP contribution in [-0.2, 0) is 28.7 Å². The average Bonchev–Trinajstić information content (AvgIpc) is 2.34. The molecule has 16 heavy (non-hydrogen) atoms. The zero-order chi connectivity index (χ0) is 12.5. The first-order valence-electron chi connectivity index (χ1n) is 4.50. The summed E-state index contributed by atoms with van der Waals surface area (Å²) in [7, 11) is 1.23. The summed E-state index contributed by atoms with van der Waals surface area (Å²) in [5, 5.41) is 0. The van der Waals surface area contributed by atoms with Crippen molar-refractivity contribution in [2.75, 3.05) is 7.05 Å². The van der Waals surface area contributed by atoms with Crippen LogP contribution in [0.1, 0.15) is 13.8 Å². The largest absolute Gasteiger partial charge is 0.448 e. The number of imide groups is 1. The molecule has 88 valence electrons. The lowest BCUT2D eigenvalue weighted by Gasteiger charge is -2.14. The summed E-state index contributed by atoms with van der Waals surface area (Å²) in [6, 6.07) is 0. The lowest BCUT2D eigenvalue weighted by molar-refractivity contribution is -0.167. The number of likely N-dealkylation sites (tertiary alicyclic amines) is 1. The van der Waals surface area contributed by atoms with Gasteiger partial charge in [-0.05, 0) is 0 Å². The second-order valence-corrected chi connectivity index (χ2v) is 3.30. The molecular formula is C9H11NO6. The Bertz CT molecular complexity index is 329. The zero-order valence-electron chi connectivity index (χ0n) is 9.05. The Labute approximate surface area is 91.3 Å². The zero-order valence-corrected chi connectivity index (χ0v) is 9.05. The second kappa shape index (κ2) is 4.30. The molecule has 1 aliphatic heterocycles. The highest BCUT2D eigenvalue weighted by atomic mass is 16.6. The van der Waals surface area contributed by atoms with Crippen molar-refractivity contribution in [3.63, 3.8) is 0 Å². The maximum Gasteiger partial charge on any atom is 0.303 e. The molecule has 1 saturated heterocycles. The van der Waals surface area contributed by atoms with Gasteiger partial charge in [-0.25, -0.2) is 0 Å². The van der Waals surface area contributed by atoms with Crippen LogP contribution in [0.5, 0.6) is 0 Å². The van der Waals surface area contributed by atoms with Crippen LogP contribution in [0.25, 0.3) is 0 Å².